The van der Waals surface area contributed by atoms with E-state index in [1.807, 2.05) is 25.1 Å². The van der Waals surface area contributed by atoms with Gasteiger partial charge in [0.25, 0.3) is 5.91 Å². The Morgan fingerprint density at radius 2 is 2.12 bits per heavy atom. The minimum atomic E-state index is -0.145. The van der Waals surface area contributed by atoms with Crippen LogP contribution in [0.5, 0.6) is 0 Å². The van der Waals surface area contributed by atoms with Crippen molar-refractivity contribution in [2.75, 3.05) is 5.32 Å². The molecule has 0 aliphatic rings. The van der Waals surface area contributed by atoms with Gasteiger partial charge >= 0.3 is 0 Å². The Morgan fingerprint density at radius 3 is 2.76 bits per heavy atom. The van der Waals surface area contributed by atoms with Crippen LogP contribution in [0.25, 0.3) is 0 Å². The van der Waals surface area contributed by atoms with E-state index in [9.17, 15) is 4.79 Å². The number of hydrogen-bond donors (Lipinski definition) is 1. The second-order valence-electron chi connectivity index (χ2n) is 3.49. The van der Waals surface area contributed by atoms with Crippen LogP contribution >= 0.6 is 38.9 Å². The lowest BCUT2D eigenvalue weighted by Gasteiger charge is -2.07. The number of carbonyl (C=O) groups excluding carboxylic acids is 1. The monoisotopic (exact) mass is 329 g/mol. The molecule has 17 heavy (non-hydrogen) atoms. The number of hydrogen-bond acceptors (Lipinski definition) is 2. The summed E-state index contributed by atoms with van der Waals surface area (Å²) in [6, 6.07) is 9.15. The van der Waals surface area contributed by atoms with Gasteiger partial charge in [-0.25, -0.2) is 0 Å². The first-order valence-corrected chi connectivity index (χ1v) is 6.88. The fourth-order valence-corrected chi connectivity index (χ4v) is 2.67. The van der Waals surface area contributed by atoms with Crippen LogP contribution < -0.4 is 5.32 Å². The van der Waals surface area contributed by atoms with Gasteiger partial charge in [-0.1, -0.05) is 23.7 Å². The first-order valence-electron chi connectivity index (χ1n) is 4.90. The van der Waals surface area contributed by atoms with E-state index >= 15 is 0 Å². The Balaban J connectivity index is 2.21. The summed E-state index contributed by atoms with van der Waals surface area (Å²) in [7, 11) is 0. The molecule has 0 atom stereocenters. The number of anilines is 1. The quantitative estimate of drug-likeness (QED) is 0.847. The summed E-state index contributed by atoms with van der Waals surface area (Å²) in [6.45, 7) is 1.97. The average Bonchev–Trinajstić information content (AvgIpc) is 2.72. The number of rotatable bonds is 2. The fraction of sp³-hybridized carbons (Fsp3) is 0.0833. The molecule has 5 heteroatoms. The summed E-state index contributed by atoms with van der Waals surface area (Å²) >= 11 is 10.5. The number of carbonyl (C=O) groups is 1. The van der Waals surface area contributed by atoms with Crippen molar-refractivity contribution in [3.8, 4) is 0 Å². The standard InChI is InChI=1S/C12H9BrClNOS/c1-7-3-2-4-8(11(7)13)15-12(16)9-5-6-10(14)17-9/h2-6H,1H3,(H,15,16). The molecule has 1 amide bonds. The van der Waals surface area contributed by atoms with E-state index in [0.29, 0.717) is 9.21 Å². The summed E-state index contributed by atoms with van der Waals surface area (Å²) < 4.78 is 1.51. The van der Waals surface area contributed by atoms with Crippen molar-refractivity contribution in [1.82, 2.24) is 0 Å². The van der Waals surface area contributed by atoms with Crippen LogP contribution in [0.4, 0.5) is 5.69 Å². The maximum atomic E-state index is 11.9. The largest absolute Gasteiger partial charge is 0.320 e. The molecule has 0 saturated heterocycles. The molecule has 2 aromatic rings. The fourth-order valence-electron chi connectivity index (χ4n) is 1.36. The molecule has 0 radical (unpaired) electrons. The van der Waals surface area contributed by atoms with Gasteiger partial charge in [-0.05, 0) is 46.6 Å². The van der Waals surface area contributed by atoms with Crippen LogP contribution in [-0.2, 0) is 0 Å². The van der Waals surface area contributed by atoms with Gasteiger partial charge in [-0.15, -0.1) is 11.3 Å². The molecule has 0 spiro atoms. The van der Waals surface area contributed by atoms with Gasteiger partial charge < -0.3 is 5.32 Å². The number of nitrogens with one attached hydrogen (secondary N) is 1. The molecule has 1 aromatic heterocycles. The molecule has 0 aliphatic carbocycles. The zero-order valence-electron chi connectivity index (χ0n) is 8.96. The predicted octanol–water partition coefficient (Wildman–Crippen LogP) is 4.72. The van der Waals surface area contributed by atoms with E-state index in [4.69, 9.17) is 11.6 Å². The normalized spacial score (nSPS) is 10.3. The maximum absolute atomic E-state index is 11.9. The van der Waals surface area contributed by atoms with Crippen LogP contribution in [0.3, 0.4) is 0 Å². The highest BCUT2D eigenvalue weighted by atomic mass is 79.9. The van der Waals surface area contributed by atoms with Crippen molar-refractivity contribution in [2.24, 2.45) is 0 Å². The summed E-state index contributed by atoms with van der Waals surface area (Å²) in [5.74, 6) is -0.145. The third kappa shape index (κ3) is 2.89. The van der Waals surface area contributed by atoms with Crippen LogP contribution in [-0.4, -0.2) is 5.91 Å². The van der Waals surface area contributed by atoms with Crippen LogP contribution in [0, 0.1) is 6.92 Å². The highest BCUT2D eigenvalue weighted by Gasteiger charge is 2.11. The lowest BCUT2D eigenvalue weighted by molar-refractivity contribution is 0.103. The lowest BCUT2D eigenvalue weighted by atomic mass is 10.2. The summed E-state index contributed by atoms with van der Waals surface area (Å²) in [5, 5.41) is 2.85. The second-order valence-corrected chi connectivity index (χ2v) is 6.00. The van der Waals surface area contributed by atoms with E-state index in [0.717, 1.165) is 15.7 Å². The molecular weight excluding hydrogens is 322 g/mol. The molecule has 1 heterocycles. The van der Waals surface area contributed by atoms with Crippen molar-refractivity contribution in [3.63, 3.8) is 0 Å². The molecule has 1 N–H and O–H groups in total. The highest BCUT2D eigenvalue weighted by Crippen LogP contribution is 2.27. The van der Waals surface area contributed by atoms with Gasteiger partial charge in [-0.2, -0.15) is 0 Å². The number of amides is 1. The number of aryl methyl sites for hydroxylation is 1. The van der Waals surface area contributed by atoms with Crippen LogP contribution in [0.15, 0.2) is 34.8 Å². The first-order chi connectivity index (χ1) is 8.08. The van der Waals surface area contributed by atoms with Gasteiger partial charge in [0.2, 0.25) is 0 Å². The van der Waals surface area contributed by atoms with E-state index in [1.165, 1.54) is 11.3 Å². The summed E-state index contributed by atoms with van der Waals surface area (Å²) in [5.41, 5.74) is 1.84. The van der Waals surface area contributed by atoms with E-state index in [1.54, 1.807) is 12.1 Å². The number of benzene rings is 1. The molecule has 88 valence electrons. The van der Waals surface area contributed by atoms with Crippen molar-refractivity contribution < 1.29 is 4.79 Å². The van der Waals surface area contributed by atoms with Crippen molar-refractivity contribution in [3.05, 3.63) is 49.6 Å². The zero-order valence-corrected chi connectivity index (χ0v) is 12.1. The smallest absolute Gasteiger partial charge is 0.265 e. The number of halogens is 2. The van der Waals surface area contributed by atoms with Crippen LogP contribution in [0.1, 0.15) is 15.2 Å². The van der Waals surface area contributed by atoms with Crippen LogP contribution in [0.2, 0.25) is 4.34 Å². The maximum Gasteiger partial charge on any atom is 0.265 e. The van der Waals surface area contributed by atoms with E-state index in [2.05, 4.69) is 21.2 Å². The average molecular weight is 331 g/mol. The molecule has 0 saturated carbocycles. The SMILES string of the molecule is Cc1cccc(NC(=O)c2ccc(Cl)s2)c1Br. The van der Waals surface area contributed by atoms with E-state index < -0.39 is 0 Å². The third-order valence-corrected chi connectivity index (χ3v) is 4.52. The highest BCUT2D eigenvalue weighted by molar-refractivity contribution is 9.10. The molecule has 0 unspecified atom stereocenters. The lowest BCUT2D eigenvalue weighted by Crippen LogP contribution is -2.10. The molecule has 2 rings (SSSR count). The molecule has 2 nitrogen and oxygen atoms in total. The van der Waals surface area contributed by atoms with Crippen molar-refractivity contribution in [2.45, 2.75) is 6.92 Å². The Hall–Kier alpha value is -0.840. The number of thiophene rings is 1. The summed E-state index contributed by atoms with van der Waals surface area (Å²) in [6.07, 6.45) is 0. The third-order valence-electron chi connectivity index (χ3n) is 2.24. The van der Waals surface area contributed by atoms with Gasteiger partial charge in [0.1, 0.15) is 0 Å². The van der Waals surface area contributed by atoms with Crippen molar-refractivity contribution in [1.29, 1.82) is 0 Å². The Kier molecular flexibility index (Phi) is 3.86. The zero-order chi connectivity index (χ0) is 12.4. The van der Waals surface area contributed by atoms with E-state index in [-0.39, 0.29) is 5.91 Å². The Bertz CT molecular complexity index is 567. The first kappa shape index (κ1) is 12.6. The Labute approximate surface area is 117 Å². The molecule has 0 fully saturated rings. The predicted molar refractivity (Wildman–Crippen MR) is 76.2 cm³/mol. The molecular formula is C12H9BrClNOS. The van der Waals surface area contributed by atoms with Gasteiger partial charge in [0.15, 0.2) is 0 Å². The minimum Gasteiger partial charge on any atom is -0.320 e. The van der Waals surface area contributed by atoms with Gasteiger partial charge in [0.05, 0.1) is 14.9 Å². The van der Waals surface area contributed by atoms with Gasteiger partial charge in [-0.3, -0.25) is 4.79 Å². The molecule has 1 aromatic carbocycles. The summed E-state index contributed by atoms with van der Waals surface area (Å²) in [4.78, 5) is 12.5. The minimum absolute atomic E-state index is 0.145. The van der Waals surface area contributed by atoms with Gasteiger partial charge in [0, 0.05) is 4.47 Å². The topological polar surface area (TPSA) is 29.1 Å². The molecule has 0 bridgehead atoms. The Morgan fingerprint density at radius 1 is 1.35 bits per heavy atom. The molecule has 0 aliphatic heterocycles. The van der Waals surface area contributed by atoms with Crippen molar-refractivity contribution >= 4 is 50.5 Å². The second kappa shape index (κ2) is 5.21.